The van der Waals surface area contributed by atoms with Gasteiger partial charge < -0.3 is 0 Å². The largest absolute Gasteiger partial charge is 0.416 e. The van der Waals surface area contributed by atoms with E-state index in [2.05, 4.69) is 0 Å². The van der Waals surface area contributed by atoms with Crippen molar-refractivity contribution < 1.29 is 39.5 Å². The molecule has 31 heavy (non-hydrogen) atoms. The molecule has 0 nitrogen and oxygen atoms in total. The minimum absolute atomic E-state index is 0.0246. The molecule has 0 saturated heterocycles. The Morgan fingerprint density at radius 3 is 0.903 bits per heavy atom. The monoisotopic (exact) mass is 466 g/mol. The van der Waals surface area contributed by atoms with Gasteiger partial charge in [0, 0.05) is 0 Å². The maximum Gasteiger partial charge on any atom is 0.416 e. The van der Waals surface area contributed by atoms with Crippen LogP contribution in [0.15, 0.2) is 72.8 Å². The Hall–Kier alpha value is -2.54. The Morgan fingerprint density at radius 1 is 0.419 bits per heavy atom. The van der Waals surface area contributed by atoms with Gasteiger partial charge in [-0.15, -0.1) is 0 Å². The third-order valence-electron chi connectivity index (χ3n) is 4.30. The topological polar surface area (TPSA) is 0 Å². The summed E-state index contributed by atoms with van der Waals surface area (Å²) < 4.78 is 119. The Morgan fingerprint density at radius 2 is 0.677 bits per heavy atom. The lowest BCUT2D eigenvalue weighted by Crippen LogP contribution is -2.24. The van der Waals surface area contributed by atoms with E-state index in [-0.39, 0.29) is 15.9 Å². The smallest absolute Gasteiger partial charge is 0.166 e. The zero-order chi connectivity index (χ0) is 23.0. The molecule has 0 fully saturated rings. The third-order valence-corrected chi connectivity index (χ3v) is 6.68. The number of alkyl halides is 9. The summed E-state index contributed by atoms with van der Waals surface area (Å²) in [5.41, 5.74) is -3.13. The highest BCUT2D eigenvalue weighted by molar-refractivity contribution is 7.79. The normalized spacial score (nSPS) is 13.0. The van der Waals surface area contributed by atoms with E-state index in [0.29, 0.717) is 0 Å². The molecular formula is C21H12F9P. The fraction of sp³-hybridized carbons (Fsp3) is 0.143. The minimum Gasteiger partial charge on any atom is -0.166 e. The van der Waals surface area contributed by atoms with Crippen molar-refractivity contribution >= 4 is 23.8 Å². The summed E-state index contributed by atoms with van der Waals surface area (Å²) in [5, 5.41) is -0.0737. The number of rotatable bonds is 3. The highest BCUT2D eigenvalue weighted by Crippen LogP contribution is 2.39. The highest BCUT2D eigenvalue weighted by Gasteiger charge is 2.34. The van der Waals surface area contributed by atoms with Gasteiger partial charge in [-0.25, -0.2) is 0 Å². The molecule has 0 spiro atoms. The van der Waals surface area contributed by atoms with Crippen LogP contribution in [-0.4, -0.2) is 0 Å². The molecule has 3 rings (SSSR count). The Kier molecular flexibility index (Phi) is 6.11. The van der Waals surface area contributed by atoms with E-state index in [4.69, 9.17) is 0 Å². The summed E-state index contributed by atoms with van der Waals surface area (Å²) in [6.07, 6.45) is -14.2. The van der Waals surface area contributed by atoms with Gasteiger partial charge in [-0.05, 0) is 60.2 Å². The van der Waals surface area contributed by atoms with Crippen LogP contribution in [0.4, 0.5) is 39.5 Å². The number of benzene rings is 3. The average Bonchev–Trinajstić information content (AvgIpc) is 2.67. The molecule has 164 valence electrons. The first-order valence-electron chi connectivity index (χ1n) is 8.59. The summed E-state index contributed by atoms with van der Waals surface area (Å²) in [6.45, 7) is 0. The molecule has 0 aliphatic heterocycles. The van der Waals surface area contributed by atoms with Gasteiger partial charge in [0.05, 0.1) is 16.7 Å². The SMILES string of the molecule is FC(F)(F)c1cccc(P(c2cccc(C(F)(F)F)c2)c2cccc(C(F)(F)F)c2)c1. The molecule has 0 unspecified atom stereocenters. The lowest BCUT2D eigenvalue weighted by molar-refractivity contribution is -0.138. The first-order chi connectivity index (χ1) is 14.3. The van der Waals surface area contributed by atoms with Crippen molar-refractivity contribution in [2.75, 3.05) is 0 Å². The van der Waals surface area contributed by atoms with Gasteiger partial charge in [-0.2, -0.15) is 39.5 Å². The maximum absolute atomic E-state index is 13.2. The zero-order valence-electron chi connectivity index (χ0n) is 15.3. The highest BCUT2D eigenvalue weighted by atomic mass is 31.1. The van der Waals surface area contributed by atoms with Crippen LogP contribution in [0.1, 0.15) is 16.7 Å². The predicted molar refractivity (Wildman–Crippen MR) is 100 cm³/mol. The van der Waals surface area contributed by atoms with Gasteiger partial charge in [0.15, 0.2) is 0 Å². The summed E-state index contributed by atoms with van der Waals surface area (Å²) >= 11 is 0. The average molecular weight is 466 g/mol. The Bertz CT molecular complexity index is 928. The second-order valence-corrected chi connectivity index (χ2v) is 8.70. The minimum atomic E-state index is -4.72. The predicted octanol–water partition coefficient (Wildman–Crippen LogP) is 6.50. The van der Waals surface area contributed by atoms with Crippen molar-refractivity contribution in [3.63, 3.8) is 0 Å². The summed E-state index contributed by atoms with van der Waals surface area (Å²) in [4.78, 5) is 0. The van der Waals surface area contributed by atoms with Crippen molar-refractivity contribution in [1.82, 2.24) is 0 Å². The molecule has 0 aliphatic rings. The first-order valence-corrected chi connectivity index (χ1v) is 9.93. The van der Waals surface area contributed by atoms with Gasteiger partial charge in [0.1, 0.15) is 0 Å². The molecule has 10 heteroatoms. The molecule has 0 N–H and O–H groups in total. The molecule has 0 amide bonds. The van der Waals surface area contributed by atoms with Gasteiger partial charge in [-0.3, -0.25) is 0 Å². The van der Waals surface area contributed by atoms with E-state index in [1.54, 1.807) is 0 Å². The molecule has 0 aromatic heterocycles. The molecule has 3 aromatic carbocycles. The van der Waals surface area contributed by atoms with Gasteiger partial charge >= 0.3 is 18.5 Å². The molecule has 0 heterocycles. The van der Waals surface area contributed by atoms with Crippen LogP contribution >= 0.6 is 7.92 Å². The summed E-state index contributed by atoms with van der Waals surface area (Å²) in [5.74, 6) is 0. The van der Waals surface area contributed by atoms with Crippen LogP contribution < -0.4 is 15.9 Å². The lowest BCUT2D eigenvalue weighted by Gasteiger charge is -2.22. The van der Waals surface area contributed by atoms with Crippen molar-refractivity contribution in [3.05, 3.63) is 89.5 Å². The van der Waals surface area contributed by atoms with E-state index in [1.165, 1.54) is 18.2 Å². The van der Waals surface area contributed by atoms with Crippen LogP contribution in [0.2, 0.25) is 0 Å². The van der Waals surface area contributed by atoms with Crippen molar-refractivity contribution in [1.29, 1.82) is 0 Å². The molecular weight excluding hydrogens is 454 g/mol. The van der Waals surface area contributed by atoms with Crippen molar-refractivity contribution in [2.45, 2.75) is 18.5 Å². The third kappa shape index (κ3) is 5.39. The summed E-state index contributed by atoms with van der Waals surface area (Å²) in [6, 6.07) is 11.7. The number of hydrogen-bond donors (Lipinski definition) is 0. The quantitative estimate of drug-likeness (QED) is 0.305. The second-order valence-electron chi connectivity index (χ2n) is 6.48. The van der Waals surface area contributed by atoms with Crippen molar-refractivity contribution in [2.24, 2.45) is 0 Å². The lowest BCUT2D eigenvalue weighted by atomic mass is 10.2. The van der Waals surface area contributed by atoms with Gasteiger partial charge in [-0.1, -0.05) is 36.4 Å². The number of halogens is 9. The molecule has 3 aromatic rings. The van der Waals surface area contributed by atoms with Crippen LogP contribution in [0.3, 0.4) is 0 Å². The Labute approximate surface area is 172 Å². The molecule has 0 radical (unpaired) electrons. The first kappa shape index (κ1) is 23.1. The van der Waals surface area contributed by atoms with E-state index < -0.39 is 43.1 Å². The van der Waals surface area contributed by atoms with Crippen LogP contribution in [-0.2, 0) is 18.5 Å². The zero-order valence-corrected chi connectivity index (χ0v) is 16.2. The fourth-order valence-electron chi connectivity index (χ4n) is 2.91. The van der Waals surface area contributed by atoms with E-state index in [1.807, 2.05) is 0 Å². The van der Waals surface area contributed by atoms with E-state index >= 15 is 0 Å². The summed E-state index contributed by atoms with van der Waals surface area (Å²) in [7, 11) is -2.14. The Balaban J connectivity index is 2.24. The molecule has 0 atom stereocenters. The van der Waals surface area contributed by atoms with Gasteiger partial charge in [0.25, 0.3) is 0 Å². The van der Waals surface area contributed by atoms with Crippen LogP contribution in [0.25, 0.3) is 0 Å². The van der Waals surface area contributed by atoms with Crippen LogP contribution in [0, 0.1) is 0 Å². The standard InChI is InChI=1S/C21H12F9P/c22-19(23,24)13-4-1-7-16(10-13)31(17-8-2-5-14(11-17)20(25,26)27)18-9-3-6-15(12-18)21(28,29)30/h1-12H. The number of hydrogen-bond acceptors (Lipinski definition) is 0. The second kappa shape index (κ2) is 8.19. The van der Waals surface area contributed by atoms with E-state index in [9.17, 15) is 39.5 Å². The van der Waals surface area contributed by atoms with Gasteiger partial charge in [0.2, 0.25) is 0 Å². The van der Waals surface area contributed by atoms with Crippen molar-refractivity contribution in [3.8, 4) is 0 Å². The van der Waals surface area contributed by atoms with E-state index in [0.717, 1.165) is 54.6 Å². The molecule has 0 saturated carbocycles. The molecule has 0 aliphatic carbocycles. The molecule has 0 bridgehead atoms. The fourth-order valence-corrected chi connectivity index (χ4v) is 5.32. The maximum atomic E-state index is 13.2. The van der Waals surface area contributed by atoms with Crippen LogP contribution in [0.5, 0.6) is 0 Å².